The summed E-state index contributed by atoms with van der Waals surface area (Å²) in [7, 11) is 0. The summed E-state index contributed by atoms with van der Waals surface area (Å²) in [5, 5.41) is 3.28. The van der Waals surface area contributed by atoms with Crippen LogP contribution in [0, 0.1) is 5.41 Å². The molecule has 1 heterocycles. The molecule has 3 nitrogen and oxygen atoms in total. The van der Waals surface area contributed by atoms with Crippen molar-refractivity contribution >= 4 is 5.97 Å². The number of nitrogens with one attached hydrogen (secondary N) is 1. The standard InChI is InChI=1S/C10H17NO2/c1-3-10-6-5-7(10)11-8(10)9(12)13-4-2/h7-8,11H,3-6H2,1-2H3/t7?,8-,10?/m1/s1. The zero-order chi connectivity index (χ0) is 9.47. The number of esters is 1. The Kier molecular flexibility index (Phi) is 2.06. The molecule has 1 saturated heterocycles. The maximum atomic E-state index is 11.5. The lowest BCUT2D eigenvalue weighted by Gasteiger charge is -2.63. The lowest BCUT2D eigenvalue weighted by atomic mass is 9.52. The minimum absolute atomic E-state index is 0.0174. The Bertz CT molecular complexity index is 225. The number of fused-ring (bicyclic) bond motifs is 1. The van der Waals surface area contributed by atoms with Crippen molar-refractivity contribution in [1.29, 1.82) is 0 Å². The van der Waals surface area contributed by atoms with Crippen LogP contribution >= 0.6 is 0 Å². The molecular formula is C10H17NO2. The number of hydrogen-bond acceptors (Lipinski definition) is 3. The third kappa shape index (κ3) is 1.03. The van der Waals surface area contributed by atoms with E-state index in [1.54, 1.807) is 0 Å². The van der Waals surface area contributed by atoms with Crippen molar-refractivity contribution in [2.45, 2.75) is 45.2 Å². The van der Waals surface area contributed by atoms with E-state index >= 15 is 0 Å². The second-order valence-corrected chi connectivity index (χ2v) is 4.03. The van der Waals surface area contributed by atoms with E-state index in [2.05, 4.69) is 12.2 Å². The Morgan fingerprint density at radius 2 is 2.38 bits per heavy atom. The summed E-state index contributed by atoms with van der Waals surface area (Å²) in [6.07, 6.45) is 3.50. The molecule has 0 bridgehead atoms. The number of rotatable bonds is 3. The molecule has 0 spiro atoms. The van der Waals surface area contributed by atoms with Gasteiger partial charge in [-0.15, -0.1) is 0 Å². The number of ether oxygens (including phenoxy) is 1. The minimum atomic E-state index is -0.0553. The molecule has 1 saturated carbocycles. The van der Waals surface area contributed by atoms with Crippen LogP contribution in [0.5, 0.6) is 0 Å². The van der Waals surface area contributed by atoms with E-state index in [4.69, 9.17) is 4.74 Å². The van der Waals surface area contributed by atoms with Gasteiger partial charge in [0.05, 0.1) is 6.61 Å². The van der Waals surface area contributed by atoms with Gasteiger partial charge in [-0.25, -0.2) is 0 Å². The van der Waals surface area contributed by atoms with Crippen LogP contribution in [0.3, 0.4) is 0 Å². The molecule has 2 fully saturated rings. The van der Waals surface area contributed by atoms with Gasteiger partial charge in [0.1, 0.15) is 6.04 Å². The highest BCUT2D eigenvalue weighted by Gasteiger charge is 2.62. The predicted molar refractivity (Wildman–Crippen MR) is 49.3 cm³/mol. The van der Waals surface area contributed by atoms with Crippen molar-refractivity contribution in [3.05, 3.63) is 0 Å². The molecule has 1 N–H and O–H groups in total. The van der Waals surface area contributed by atoms with E-state index in [-0.39, 0.29) is 17.4 Å². The minimum Gasteiger partial charge on any atom is -0.465 e. The van der Waals surface area contributed by atoms with Gasteiger partial charge in [0, 0.05) is 11.5 Å². The second-order valence-electron chi connectivity index (χ2n) is 4.03. The number of carbonyl (C=O) groups excluding carboxylic acids is 1. The van der Waals surface area contributed by atoms with Crippen LogP contribution in [-0.2, 0) is 9.53 Å². The average Bonchev–Trinajstić information content (AvgIpc) is 2.10. The maximum Gasteiger partial charge on any atom is 0.323 e. The third-order valence-corrected chi connectivity index (χ3v) is 3.72. The topological polar surface area (TPSA) is 38.3 Å². The van der Waals surface area contributed by atoms with Crippen molar-refractivity contribution < 1.29 is 9.53 Å². The molecule has 0 aromatic rings. The lowest BCUT2D eigenvalue weighted by Crippen LogP contribution is -2.77. The second kappa shape index (κ2) is 2.98. The zero-order valence-corrected chi connectivity index (χ0v) is 8.30. The van der Waals surface area contributed by atoms with Crippen LogP contribution in [0.1, 0.15) is 33.1 Å². The number of carbonyl (C=O) groups is 1. The molecule has 1 aliphatic heterocycles. The van der Waals surface area contributed by atoms with Crippen LogP contribution in [0.4, 0.5) is 0 Å². The molecule has 1 aliphatic carbocycles. The van der Waals surface area contributed by atoms with Gasteiger partial charge in [-0.3, -0.25) is 4.79 Å². The Labute approximate surface area is 78.8 Å². The summed E-state index contributed by atoms with van der Waals surface area (Å²) >= 11 is 0. The Balaban J connectivity index is 1.98. The van der Waals surface area contributed by atoms with Crippen molar-refractivity contribution in [2.75, 3.05) is 6.61 Å². The van der Waals surface area contributed by atoms with E-state index in [0.717, 1.165) is 6.42 Å². The molecule has 2 unspecified atom stereocenters. The van der Waals surface area contributed by atoms with Gasteiger partial charge in [0.15, 0.2) is 0 Å². The molecular weight excluding hydrogens is 166 g/mol. The first-order valence-electron chi connectivity index (χ1n) is 5.17. The van der Waals surface area contributed by atoms with Crippen LogP contribution in [0.25, 0.3) is 0 Å². The fourth-order valence-electron chi connectivity index (χ4n) is 2.68. The van der Waals surface area contributed by atoms with E-state index in [0.29, 0.717) is 12.6 Å². The number of piperidine rings is 1. The Morgan fingerprint density at radius 1 is 1.62 bits per heavy atom. The largest absolute Gasteiger partial charge is 0.465 e. The van der Waals surface area contributed by atoms with Crippen molar-refractivity contribution in [1.82, 2.24) is 5.32 Å². The van der Waals surface area contributed by atoms with Crippen LogP contribution in [-0.4, -0.2) is 24.7 Å². The first kappa shape index (κ1) is 9.00. The first-order chi connectivity index (χ1) is 6.24. The summed E-state index contributed by atoms with van der Waals surface area (Å²) < 4.78 is 5.02. The molecule has 0 aromatic heterocycles. The van der Waals surface area contributed by atoms with Gasteiger partial charge in [0.25, 0.3) is 0 Å². The van der Waals surface area contributed by atoms with Gasteiger partial charge in [-0.05, 0) is 26.2 Å². The summed E-state index contributed by atoms with van der Waals surface area (Å²) in [5.41, 5.74) is 0.256. The van der Waals surface area contributed by atoms with Gasteiger partial charge in [-0.2, -0.15) is 0 Å². The molecule has 0 amide bonds. The van der Waals surface area contributed by atoms with Gasteiger partial charge in [0.2, 0.25) is 0 Å². The molecule has 74 valence electrons. The van der Waals surface area contributed by atoms with E-state index in [9.17, 15) is 4.79 Å². The third-order valence-electron chi connectivity index (χ3n) is 3.72. The SMILES string of the molecule is CCOC(=O)[C@H]1NC2CCC21CC. The maximum absolute atomic E-state index is 11.5. The van der Waals surface area contributed by atoms with Crippen molar-refractivity contribution in [3.8, 4) is 0 Å². The summed E-state index contributed by atoms with van der Waals surface area (Å²) in [5.74, 6) is -0.0553. The fourth-order valence-corrected chi connectivity index (χ4v) is 2.68. The van der Waals surface area contributed by atoms with Gasteiger partial charge >= 0.3 is 5.97 Å². The van der Waals surface area contributed by atoms with Crippen molar-refractivity contribution in [3.63, 3.8) is 0 Å². The highest BCUT2D eigenvalue weighted by Crippen LogP contribution is 2.54. The quantitative estimate of drug-likeness (QED) is 0.665. The monoisotopic (exact) mass is 183 g/mol. The molecule has 2 rings (SSSR count). The smallest absolute Gasteiger partial charge is 0.323 e. The molecule has 2 aliphatic rings. The van der Waals surface area contributed by atoms with E-state index in [1.165, 1.54) is 12.8 Å². The van der Waals surface area contributed by atoms with Crippen LogP contribution in [0.2, 0.25) is 0 Å². The summed E-state index contributed by atoms with van der Waals surface area (Å²) in [6.45, 7) is 4.51. The van der Waals surface area contributed by atoms with Crippen LogP contribution in [0.15, 0.2) is 0 Å². The predicted octanol–water partition coefficient (Wildman–Crippen LogP) is 1.08. The zero-order valence-electron chi connectivity index (χ0n) is 8.30. The van der Waals surface area contributed by atoms with E-state index < -0.39 is 0 Å². The van der Waals surface area contributed by atoms with E-state index in [1.807, 2.05) is 6.92 Å². The van der Waals surface area contributed by atoms with Gasteiger partial charge < -0.3 is 10.1 Å². The summed E-state index contributed by atoms with van der Waals surface area (Å²) in [6, 6.07) is 0.572. The Hall–Kier alpha value is -0.570. The Morgan fingerprint density at radius 3 is 2.77 bits per heavy atom. The molecule has 13 heavy (non-hydrogen) atoms. The number of hydrogen-bond donors (Lipinski definition) is 1. The molecule has 0 radical (unpaired) electrons. The van der Waals surface area contributed by atoms with Crippen LogP contribution < -0.4 is 5.32 Å². The normalized spacial score (nSPS) is 41.4. The summed E-state index contributed by atoms with van der Waals surface area (Å²) in [4.78, 5) is 11.5. The first-order valence-corrected chi connectivity index (χ1v) is 5.17. The highest BCUT2D eigenvalue weighted by atomic mass is 16.5. The van der Waals surface area contributed by atoms with Gasteiger partial charge in [-0.1, -0.05) is 6.92 Å². The van der Waals surface area contributed by atoms with Crippen molar-refractivity contribution in [2.24, 2.45) is 5.41 Å². The molecule has 3 heteroatoms. The fraction of sp³-hybridized carbons (Fsp3) is 0.900. The molecule has 3 atom stereocenters. The molecule has 0 aromatic carbocycles. The highest BCUT2D eigenvalue weighted by molar-refractivity contribution is 5.79. The average molecular weight is 183 g/mol. The lowest BCUT2D eigenvalue weighted by molar-refractivity contribution is -0.169.